The molecule has 0 spiro atoms. The molecule has 4 aliphatic rings. The molecular formula is C20H19NO. The van der Waals surface area contributed by atoms with Gasteiger partial charge < -0.3 is 4.74 Å². The summed E-state index contributed by atoms with van der Waals surface area (Å²) >= 11 is 0. The van der Waals surface area contributed by atoms with E-state index in [1.807, 2.05) is 0 Å². The summed E-state index contributed by atoms with van der Waals surface area (Å²) in [6.45, 7) is 1.75. The molecule has 0 N–H and O–H groups in total. The number of ether oxygens (including phenoxy) is 1. The Morgan fingerprint density at radius 1 is 0.864 bits per heavy atom. The molecule has 6 rings (SSSR count). The molecule has 110 valence electrons. The summed E-state index contributed by atoms with van der Waals surface area (Å²) in [5, 5.41) is 0. The van der Waals surface area contributed by atoms with Gasteiger partial charge in [-0.25, -0.2) is 0 Å². The number of hydrogen-bond acceptors (Lipinski definition) is 2. The highest BCUT2D eigenvalue weighted by atomic mass is 16.5. The van der Waals surface area contributed by atoms with E-state index >= 15 is 0 Å². The number of hydrogen-bond donors (Lipinski definition) is 0. The molecule has 2 aromatic carbocycles. The van der Waals surface area contributed by atoms with Crippen LogP contribution in [-0.4, -0.2) is 19.0 Å². The predicted molar refractivity (Wildman–Crippen MR) is 87.5 cm³/mol. The molecule has 1 aliphatic heterocycles. The van der Waals surface area contributed by atoms with E-state index in [2.05, 4.69) is 48.5 Å². The first-order valence-electron chi connectivity index (χ1n) is 8.28. The molecule has 22 heavy (non-hydrogen) atoms. The number of benzene rings is 2. The first kappa shape index (κ1) is 12.5. The van der Waals surface area contributed by atoms with E-state index in [1.165, 1.54) is 22.3 Å². The van der Waals surface area contributed by atoms with Gasteiger partial charge in [0.15, 0.2) is 5.90 Å². The largest absolute Gasteiger partial charge is 0.481 e. The van der Waals surface area contributed by atoms with Crippen LogP contribution in [0.5, 0.6) is 0 Å². The van der Waals surface area contributed by atoms with Crippen LogP contribution in [0.2, 0.25) is 0 Å². The summed E-state index contributed by atoms with van der Waals surface area (Å²) in [4.78, 5) is 4.71. The molecule has 0 amide bonds. The van der Waals surface area contributed by atoms with Crippen molar-refractivity contribution in [3.63, 3.8) is 0 Å². The van der Waals surface area contributed by atoms with Crippen LogP contribution in [0.1, 0.15) is 46.9 Å². The second kappa shape index (κ2) is 4.70. The first-order valence-corrected chi connectivity index (χ1v) is 8.28. The summed E-state index contributed by atoms with van der Waals surface area (Å²) in [6.07, 6.45) is 2.19. The fourth-order valence-electron chi connectivity index (χ4n) is 4.58. The van der Waals surface area contributed by atoms with Crippen molar-refractivity contribution in [3.8, 4) is 0 Å². The molecule has 2 nitrogen and oxygen atoms in total. The summed E-state index contributed by atoms with van der Waals surface area (Å²) in [7, 11) is 0. The highest BCUT2D eigenvalue weighted by Gasteiger charge is 2.45. The van der Waals surface area contributed by atoms with Crippen LogP contribution < -0.4 is 0 Å². The molecule has 1 unspecified atom stereocenters. The van der Waals surface area contributed by atoms with Gasteiger partial charge in [-0.05, 0) is 28.7 Å². The van der Waals surface area contributed by atoms with Crippen molar-refractivity contribution in [2.24, 2.45) is 10.9 Å². The van der Waals surface area contributed by atoms with Gasteiger partial charge in [0.1, 0.15) is 0 Å². The average molecular weight is 289 g/mol. The lowest BCUT2D eigenvalue weighted by atomic mass is 9.59. The average Bonchev–Trinajstić information content (AvgIpc) is 2.62. The zero-order valence-corrected chi connectivity index (χ0v) is 12.5. The van der Waals surface area contributed by atoms with E-state index in [-0.39, 0.29) is 0 Å². The minimum Gasteiger partial charge on any atom is -0.481 e. The van der Waals surface area contributed by atoms with Gasteiger partial charge in [-0.15, -0.1) is 0 Å². The number of aliphatic imine (C=N–C) groups is 1. The number of rotatable bonds is 1. The van der Waals surface area contributed by atoms with Crippen molar-refractivity contribution in [2.45, 2.75) is 24.7 Å². The van der Waals surface area contributed by atoms with Gasteiger partial charge in [0, 0.05) is 30.7 Å². The maximum atomic E-state index is 5.95. The first-order chi connectivity index (χ1) is 10.9. The third-order valence-electron chi connectivity index (χ3n) is 5.44. The number of fused-ring (bicyclic) bond motifs is 1. The van der Waals surface area contributed by atoms with E-state index in [1.54, 1.807) is 0 Å². The molecule has 0 saturated heterocycles. The third-order valence-corrected chi connectivity index (χ3v) is 5.44. The molecule has 3 aliphatic carbocycles. The molecule has 1 heterocycles. The van der Waals surface area contributed by atoms with Gasteiger partial charge in [-0.1, -0.05) is 48.5 Å². The van der Waals surface area contributed by atoms with Crippen molar-refractivity contribution < 1.29 is 4.74 Å². The van der Waals surface area contributed by atoms with E-state index in [0.717, 1.165) is 31.9 Å². The summed E-state index contributed by atoms with van der Waals surface area (Å²) < 4.78 is 5.95. The fourth-order valence-corrected chi connectivity index (χ4v) is 4.58. The van der Waals surface area contributed by atoms with Crippen molar-refractivity contribution in [1.82, 2.24) is 0 Å². The quantitative estimate of drug-likeness (QED) is 0.774. The van der Waals surface area contributed by atoms with E-state index in [9.17, 15) is 0 Å². The maximum absolute atomic E-state index is 5.95. The molecule has 0 fully saturated rings. The van der Waals surface area contributed by atoms with Crippen molar-refractivity contribution in [3.05, 3.63) is 70.8 Å². The molecule has 2 bridgehead atoms. The normalized spacial score (nSPS) is 28.4. The molecule has 1 atom stereocenters. The fraction of sp³-hybridized carbons (Fsp3) is 0.350. The van der Waals surface area contributed by atoms with Crippen LogP contribution in [0.15, 0.2) is 53.5 Å². The highest BCUT2D eigenvalue weighted by Crippen LogP contribution is 2.55. The van der Waals surface area contributed by atoms with E-state index in [4.69, 9.17) is 9.73 Å². The van der Waals surface area contributed by atoms with Crippen LogP contribution in [0.4, 0.5) is 0 Å². The second-order valence-corrected chi connectivity index (χ2v) is 6.55. The zero-order chi connectivity index (χ0) is 14.5. The smallest absolute Gasteiger partial charge is 0.187 e. The lowest BCUT2D eigenvalue weighted by Crippen LogP contribution is -2.38. The highest BCUT2D eigenvalue weighted by molar-refractivity contribution is 5.83. The SMILES string of the molecule is c1ccc2c(c1)C1CC(C3=NCCCO3)C2c2ccccc21. The van der Waals surface area contributed by atoms with Crippen LogP contribution in [0, 0.1) is 5.92 Å². The van der Waals surface area contributed by atoms with Crippen molar-refractivity contribution in [2.75, 3.05) is 13.2 Å². The maximum Gasteiger partial charge on any atom is 0.187 e. The van der Waals surface area contributed by atoms with Crippen molar-refractivity contribution in [1.29, 1.82) is 0 Å². The third kappa shape index (κ3) is 1.64. The summed E-state index contributed by atoms with van der Waals surface area (Å²) in [5.41, 5.74) is 6.00. The van der Waals surface area contributed by atoms with Crippen molar-refractivity contribution >= 4 is 5.90 Å². The molecule has 2 heteroatoms. The molecule has 0 radical (unpaired) electrons. The predicted octanol–water partition coefficient (Wildman–Crippen LogP) is 4.10. The summed E-state index contributed by atoms with van der Waals surface area (Å²) in [6, 6.07) is 17.9. The summed E-state index contributed by atoms with van der Waals surface area (Å²) in [5.74, 6) is 2.32. The van der Waals surface area contributed by atoms with Crippen LogP contribution >= 0.6 is 0 Å². The van der Waals surface area contributed by atoms with Gasteiger partial charge in [0.05, 0.1) is 6.61 Å². The van der Waals surface area contributed by atoms with Gasteiger partial charge in [-0.3, -0.25) is 4.99 Å². The second-order valence-electron chi connectivity index (χ2n) is 6.55. The zero-order valence-electron chi connectivity index (χ0n) is 12.5. The van der Waals surface area contributed by atoms with Gasteiger partial charge in [0.25, 0.3) is 0 Å². The van der Waals surface area contributed by atoms with E-state index in [0.29, 0.717) is 17.8 Å². The van der Waals surface area contributed by atoms with Gasteiger partial charge >= 0.3 is 0 Å². The van der Waals surface area contributed by atoms with Crippen LogP contribution in [-0.2, 0) is 4.74 Å². The molecule has 0 aromatic heterocycles. The lowest BCUT2D eigenvalue weighted by molar-refractivity contribution is 0.243. The minimum atomic E-state index is 0.411. The number of nitrogens with zero attached hydrogens (tertiary/aromatic N) is 1. The Bertz CT molecular complexity index is 716. The minimum absolute atomic E-state index is 0.411. The Morgan fingerprint density at radius 3 is 2.09 bits per heavy atom. The Morgan fingerprint density at radius 2 is 1.50 bits per heavy atom. The Hall–Kier alpha value is -2.09. The molecule has 0 saturated carbocycles. The topological polar surface area (TPSA) is 21.6 Å². The Balaban J connectivity index is 1.70. The lowest BCUT2D eigenvalue weighted by Gasteiger charge is -2.45. The van der Waals surface area contributed by atoms with Gasteiger partial charge in [-0.2, -0.15) is 0 Å². The monoisotopic (exact) mass is 289 g/mol. The van der Waals surface area contributed by atoms with E-state index < -0.39 is 0 Å². The van der Waals surface area contributed by atoms with Crippen LogP contribution in [0.25, 0.3) is 0 Å². The van der Waals surface area contributed by atoms with Gasteiger partial charge in [0.2, 0.25) is 0 Å². The molecular weight excluding hydrogens is 270 g/mol. The Kier molecular flexibility index (Phi) is 2.66. The Labute approximate surface area is 130 Å². The molecule has 2 aromatic rings. The standard InChI is InChI=1S/C20H19NO/c1-3-8-15-13(6-1)17-12-18(20-21-10-5-11-22-20)19(15)16-9-4-2-7-14(16)17/h1-4,6-9,17-19H,5,10-12H2. The van der Waals surface area contributed by atoms with Crippen LogP contribution in [0.3, 0.4) is 0 Å².